The van der Waals surface area contributed by atoms with Crippen LogP contribution in [-0.2, 0) is 15.3 Å². The maximum Gasteiger partial charge on any atom is 0.269 e. The molecule has 1 unspecified atom stereocenters. The summed E-state index contributed by atoms with van der Waals surface area (Å²) in [5, 5.41) is 9.75. The topological polar surface area (TPSA) is 142 Å². The molecule has 12 heteroatoms. The summed E-state index contributed by atoms with van der Waals surface area (Å²) in [5.74, 6) is -1.27. The van der Waals surface area contributed by atoms with Crippen LogP contribution in [0.15, 0.2) is 66.3 Å². The van der Waals surface area contributed by atoms with Gasteiger partial charge in [0.1, 0.15) is 5.70 Å². The van der Waals surface area contributed by atoms with Crippen LogP contribution >= 0.6 is 11.6 Å². The maximum atomic E-state index is 13.6. The number of amides is 3. The fourth-order valence-corrected chi connectivity index (χ4v) is 5.47. The molecule has 0 spiro atoms. The van der Waals surface area contributed by atoms with E-state index in [1.807, 2.05) is 45.2 Å². The van der Waals surface area contributed by atoms with E-state index in [0.717, 1.165) is 5.56 Å². The largest absolute Gasteiger partial charge is 0.366 e. The predicted octanol–water partition coefficient (Wildman–Crippen LogP) is 1.97. The summed E-state index contributed by atoms with van der Waals surface area (Å²) in [6.07, 6.45) is 7.93. The Kier molecular flexibility index (Phi) is 10.2. The van der Waals surface area contributed by atoms with Crippen LogP contribution in [0.2, 0.25) is 5.02 Å². The molecule has 1 fully saturated rings. The molecule has 2 aromatic rings. The molecule has 2 atom stereocenters. The van der Waals surface area contributed by atoms with Crippen LogP contribution in [0.4, 0.5) is 0 Å². The predicted molar refractivity (Wildman–Crippen MR) is 160 cm³/mol. The minimum absolute atomic E-state index is 0.0910. The molecule has 2 aliphatic rings. The summed E-state index contributed by atoms with van der Waals surface area (Å²) >= 11 is 6.05. The van der Waals surface area contributed by atoms with Crippen molar-refractivity contribution in [3.63, 3.8) is 0 Å². The number of pyridine rings is 1. The van der Waals surface area contributed by atoms with E-state index < -0.39 is 11.6 Å². The summed E-state index contributed by atoms with van der Waals surface area (Å²) in [7, 11) is 1.82. The highest BCUT2D eigenvalue weighted by Gasteiger charge is 2.40. The lowest BCUT2D eigenvalue weighted by atomic mass is 9.97. The van der Waals surface area contributed by atoms with Gasteiger partial charge < -0.3 is 36.2 Å². The Labute approximate surface area is 251 Å². The van der Waals surface area contributed by atoms with E-state index in [4.69, 9.17) is 22.1 Å². The number of nitrogens with zero attached hydrogens (tertiary/aromatic N) is 3. The van der Waals surface area contributed by atoms with Gasteiger partial charge in [-0.25, -0.2) is 0 Å². The molecule has 3 amide bonds. The lowest BCUT2D eigenvalue weighted by molar-refractivity contribution is -0.119. The number of ether oxygens (including phenoxy) is 1. The monoisotopic (exact) mass is 595 g/mol. The quantitative estimate of drug-likeness (QED) is 0.289. The number of carbonyl (C=O) groups excluding carboxylic acids is 3. The third kappa shape index (κ3) is 6.59. The summed E-state index contributed by atoms with van der Waals surface area (Å²) in [6, 6.07) is 8.15. The van der Waals surface area contributed by atoms with Gasteiger partial charge in [0, 0.05) is 68.4 Å². The third-order valence-corrected chi connectivity index (χ3v) is 7.66. The fraction of sp³-hybridized carbons (Fsp3) is 0.400. The zero-order valence-corrected chi connectivity index (χ0v) is 24.9. The number of primary amides is 1. The number of likely N-dealkylation sites (N-methyl/N-ethyl adjacent to an activating group) is 1. The Morgan fingerprint density at radius 2 is 2.00 bits per heavy atom. The van der Waals surface area contributed by atoms with E-state index in [1.54, 1.807) is 23.4 Å². The minimum Gasteiger partial charge on any atom is -0.366 e. The summed E-state index contributed by atoms with van der Waals surface area (Å²) in [4.78, 5) is 47.3. The van der Waals surface area contributed by atoms with Gasteiger partial charge in [-0.2, -0.15) is 0 Å². The van der Waals surface area contributed by atoms with Crippen LogP contribution in [0.1, 0.15) is 46.5 Å². The van der Waals surface area contributed by atoms with Gasteiger partial charge in [0.05, 0.1) is 16.8 Å². The third-order valence-electron chi connectivity index (χ3n) is 7.42. The number of hydrogen-bond acceptors (Lipinski definition) is 8. The second-order valence-corrected chi connectivity index (χ2v) is 10.5. The van der Waals surface area contributed by atoms with Gasteiger partial charge >= 0.3 is 0 Å². The van der Waals surface area contributed by atoms with Crippen molar-refractivity contribution in [2.45, 2.75) is 32.0 Å². The molecule has 42 heavy (non-hydrogen) atoms. The van der Waals surface area contributed by atoms with Crippen LogP contribution in [0.3, 0.4) is 0 Å². The van der Waals surface area contributed by atoms with Crippen LogP contribution in [-0.4, -0.2) is 84.9 Å². The zero-order chi connectivity index (χ0) is 30.3. The van der Waals surface area contributed by atoms with Crippen LogP contribution in [0.25, 0.3) is 0 Å². The molecule has 4 rings (SSSR count). The summed E-state index contributed by atoms with van der Waals surface area (Å²) in [6.45, 7) is 6.61. The Morgan fingerprint density at radius 1 is 1.19 bits per heavy atom. The van der Waals surface area contributed by atoms with Crippen LogP contribution in [0.5, 0.6) is 0 Å². The Hall–Kier alpha value is -3.93. The Balaban J connectivity index is 1.66. The van der Waals surface area contributed by atoms with Gasteiger partial charge in [-0.15, -0.1) is 0 Å². The molecule has 5 N–H and O–H groups in total. The number of allylic oxidation sites excluding steroid dienone is 1. The van der Waals surface area contributed by atoms with Crippen molar-refractivity contribution in [1.82, 2.24) is 30.7 Å². The molecule has 0 aliphatic carbocycles. The lowest BCUT2D eigenvalue weighted by Crippen LogP contribution is -2.56. The number of nitrogens with two attached hydrogens (primary N) is 1. The van der Waals surface area contributed by atoms with E-state index >= 15 is 0 Å². The van der Waals surface area contributed by atoms with Gasteiger partial charge in [0.25, 0.3) is 11.8 Å². The van der Waals surface area contributed by atoms with Crippen molar-refractivity contribution in [1.29, 1.82) is 0 Å². The van der Waals surface area contributed by atoms with E-state index in [9.17, 15) is 14.4 Å². The number of rotatable bonds is 11. The summed E-state index contributed by atoms with van der Waals surface area (Å²) < 4.78 is 6.20. The standard InChI is InChI=1S/C30H38ClN7O4/c1-4-22-19-37(29(41)23-9-8-21(31)17-24(23)27(32)39)15-16-38(22)25-10-11-30(42-5-2,20-7-6-12-34-18-20)36-26(25)28(40)35-14-13-33-3/h6-12,17-18,22,33,36H,4-5,13-16,19H2,1-3H3,(H2,32,39)(H,35,40)/t22-,30?/m1/s1. The van der Waals surface area contributed by atoms with E-state index in [2.05, 4.69) is 25.8 Å². The molecule has 0 radical (unpaired) electrons. The molecule has 1 aromatic heterocycles. The number of nitrogens with one attached hydrogen (secondary N) is 3. The first kappa shape index (κ1) is 31.0. The SMILES string of the molecule is CCOC1(c2cccnc2)C=CC(N2CCN(C(=O)c3ccc(Cl)cc3C(N)=O)C[C@H]2CC)=C(C(=O)NCCNC)N1. The highest BCUT2D eigenvalue weighted by Crippen LogP contribution is 2.33. The van der Waals surface area contributed by atoms with Gasteiger partial charge in [-0.1, -0.05) is 24.6 Å². The van der Waals surface area contributed by atoms with Gasteiger partial charge in [0.2, 0.25) is 5.91 Å². The van der Waals surface area contributed by atoms with Crippen molar-refractivity contribution < 1.29 is 19.1 Å². The van der Waals surface area contributed by atoms with Crippen LogP contribution in [0, 0.1) is 0 Å². The van der Waals surface area contributed by atoms with Crippen molar-refractivity contribution >= 4 is 29.3 Å². The maximum absolute atomic E-state index is 13.6. The normalized spacial score (nSPS) is 20.3. The molecule has 224 valence electrons. The van der Waals surface area contributed by atoms with E-state index in [1.165, 1.54) is 12.1 Å². The van der Waals surface area contributed by atoms with Crippen molar-refractivity contribution in [3.8, 4) is 0 Å². The second-order valence-electron chi connectivity index (χ2n) is 10.0. The molecule has 1 saturated heterocycles. The number of aromatic nitrogens is 1. The first-order valence-corrected chi connectivity index (χ1v) is 14.5. The molecule has 0 saturated carbocycles. The van der Waals surface area contributed by atoms with E-state index in [0.29, 0.717) is 62.2 Å². The van der Waals surface area contributed by atoms with Crippen molar-refractivity contribution in [2.75, 3.05) is 46.4 Å². The zero-order valence-electron chi connectivity index (χ0n) is 24.2. The number of hydrogen-bond donors (Lipinski definition) is 4. The number of halogens is 1. The second kappa shape index (κ2) is 13.8. The van der Waals surface area contributed by atoms with Crippen molar-refractivity contribution in [2.24, 2.45) is 5.73 Å². The molecule has 1 aromatic carbocycles. The Bertz CT molecular complexity index is 1370. The molecular weight excluding hydrogens is 558 g/mol. The Morgan fingerprint density at radius 3 is 2.67 bits per heavy atom. The van der Waals surface area contributed by atoms with Gasteiger partial charge in [0.15, 0.2) is 5.72 Å². The summed E-state index contributed by atoms with van der Waals surface area (Å²) in [5.41, 5.74) is 6.61. The van der Waals surface area contributed by atoms with Gasteiger partial charge in [-0.05, 0) is 56.8 Å². The molecule has 2 aliphatic heterocycles. The highest BCUT2D eigenvalue weighted by molar-refractivity contribution is 6.31. The van der Waals surface area contributed by atoms with Crippen LogP contribution < -0.4 is 21.7 Å². The molecular formula is C30H38ClN7O4. The average molecular weight is 596 g/mol. The fourth-order valence-electron chi connectivity index (χ4n) is 5.30. The first-order chi connectivity index (χ1) is 20.2. The van der Waals surface area contributed by atoms with E-state index in [-0.39, 0.29) is 29.0 Å². The minimum atomic E-state index is -1.08. The molecule has 11 nitrogen and oxygen atoms in total. The van der Waals surface area contributed by atoms with Crippen molar-refractivity contribution in [3.05, 3.63) is 88.0 Å². The molecule has 3 heterocycles. The average Bonchev–Trinajstić information content (AvgIpc) is 3.01. The number of benzene rings is 1. The number of dihydropyridines is 1. The first-order valence-electron chi connectivity index (χ1n) is 14.1. The lowest BCUT2D eigenvalue weighted by Gasteiger charge is -2.46. The molecule has 0 bridgehead atoms. The number of piperazine rings is 1. The smallest absolute Gasteiger partial charge is 0.269 e. The van der Waals surface area contributed by atoms with Gasteiger partial charge in [-0.3, -0.25) is 19.4 Å². The number of carbonyl (C=O) groups is 3. The highest BCUT2D eigenvalue weighted by atomic mass is 35.5.